The summed E-state index contributed by atoms with van der Waals surface area (Å²) in [5.41, 5.74) is 0.752. The Balaban J connectivity index is 2.17. The number of rotatable bonds is 7. The average Bonchev–Trinajstić information content (AvgIpc) is 2.91. The molecule has 22 heavy (non-hydrogen) atoms. The van der Waals surface area contributed by atoms with Gasteiger partial charge in [0.2, 0.25) is 5.13 Å². The lowest BCUT2D eigenvalue weighted by Crippen LogP contribution is -2.13. The molecule has 1 aromatic heterocycles. The molecule has 120 valence electrons. The first kappa shape index (κ1) is 17.0. The second-order valence-corrected chi connectivity index (χ2v) is 8.46. The van der Waals surface area contributed by atoms with E-state index in [1.807, 2.05) is 0 Å². The van der Waals surface area contributed by atoms with Crippen molar-refractivity contribution in [3.8, 4) is 5.75 Å². The van der Waals surface area contributed by atoms with E-state index in [2.05, 4.69) is 21.8 Å². The van der Waals surface area contributed by atoms with Crippen LogP contribution in [0.1, 0.15) is 18.9 Å². The number of ether oxygens (including phenoxy) is 1. The third-order valence-corrected chi connectivity index (χ3v) is 6.38. The van der Waals surface area contributed by atoms with Crippen LogP contribution in [-0.4, -0.2) is 31.5 Å². The molecule has 2 rings (SSSR count). The second-order valence-electron chi connectivity index (χ2n) is 4.46. The lowest BCUT2D eigenvalue weighted by Gasteiger charge is -2.08. The summed E-state index contributed by atoms with van der Waals surface area (Å²) in [7, 11) is -2.13. The Morgan fingerprint density at radius 2 is 2.14 bits per heavy atom. The molecule has 1 heterocycles. The summed E-state index contributed by atoms with van der Waals surface area (Å²) in [6, 6.07) is 4.70. The lowest BCUT2D eigenvalue weighted by atomic mass is 10.2. The SMILES string of the molecule is CCCSc1nnc(NS(=O)(=O)c2ccc(OC)c(C)c2)s1. The van der Waals surface area contributed by atoms with Crippen LogP contribution in [0.3, 0.4) is 0 Å². The average molecular weight is 359 g/mol. The molecule has 1 N–H and O–H groups in total. The molecule has 6 nitrogen and oxygen atoms in total. The molecule has 9 heteroatoms. The van der Waals surface area contributed by atoms with E-state index in [0.717, 1.165) is 22.1 Å². The van der Waals surface area contributed by atoms with Crippen molar-refractivity contribution in [1.82, 2.24) is 10.2 Å². The Morgan fingerprint density at radius 3 is 2.77 bits per heavy atom. The van der Waals surface area contributed by atoms with Crippen LogP contribution in [0.15, 0.2) is 27.4 Å². The van der Waals surface area contributed by atoms with Crippen LogP contribution in [0, 0.1) is 6.92 Å². The predicted molar refractivity (Wildman–Crippen MR) is 89.5 cm³/mol. The molecule has 0 saturated carbocycles. The fraction of sp³-hybridized carbons (Fsp3) is 0.385. The minimum Gasteiger partial charge on any atom is -0.496 e. The highest BCUT2D eigenvalue weighted by Crippen LogP contribution is 2.28. The van der Waals surface area contributed by atoms with Crippen molar-refractivity contribution < 1.29 is 13.2 Å². The zero-order valence-corrected chi connectivity index (χ0v) is 14.9. The molecule has 0 radical (unpaired) electrons. The topological polar surface area (TPSA) is 81.2 Å². The maximum absolute atomic E-state index is 12.4. The fourth-order valence-corrected chi connectivity index (χ4v) is 4.68. The van der Waals surface area contributed by atoms with E-state index >= 15 is 0 Å². The third kappa shape index (κ3) is 4.11. The highest BCUT2D eigenvalue weighted by atomic mass is 32.2. The second kappa shape index (κ2) is 7.30. The van der Waals surface area contributed by atoms with Crippen molar-refractivity contribution in [2.75, 3.05) is 17.6 Å². The van der Waals surface area contributed by atoms with Crippen molar-refractivity contribution in [3.05, 3.63) is 23.8 Å². The van der Waals surface area contributed by atoms with Crippen LogP contribution in [0.25, 0.3) is 0 Å². The van der Waals surface area contributed by atoms with Crippen LogP contribution in [0.4, 0.5) is 5.13 Å². The minimum atomic E-state index is -3.67. The molecule has 0 unspecified atom stereocenters. The van der Waals surface area contributed by atoms with Gasteiger partial charge < -0.3 is 4.74 Å². The maximum atomic E-state index is 12.4. The maximum Gasteiger partial charge on any atom is 0.263 e. The van der Waals surface area contributed by atoms with E-state index < -0.39 is 10.0 Å². The fourth-order valence-electron chi connectivity index (χ4n) is 1.69. The molecular weight excluding hydrogens is 342 g/mol. The molecule has 2 aromatic rings. The van der Waals surface area contributed by atoms with Gasteiger partial charge in [0.25, 0.3) is 10.0 Å². The highest BCUT2D eigenvalue weighted by Gasteiger charge is 2.18. The van der Waals surface area contributed by atoms with Crippen molar-refractivity contribution in [2.24, 2.45) is 0 Å². The summed E-state index contributed by atoms with van der Waals surface area (Å²) < 4.78 is 33.1. The quantitative estimate of drug-likeness (QED) is 0.765. The summed E-state index contributed by atoms with van der Waals surface area (Å²) in [6.45, 7) is 3.87. The van der Waals surface area contributed by atoms with Crippen LogP contribution >= 0.6 is 23.1 Å². The molecule has 0 bridgehead atoms. The normalized spacial score (nSPS) is 11.4. The molecule has 0 saturated heterocycles. The summed E-state index contributed by atoms with van der Waals surface area (Å²) >= 11 is 2.80. The van der Waals surface area contributed by atoms with E-state index in [9.17, 15) is 8.42 Å². The Bertz CT molecular complexity index is 744. The number of sulfonamides is 1. The smallest absolute Gasteiger partial charge is 0.263 e. The molecule has 0 atom stereocenters. The third-order valence-electron chi connectivity index (χ3n) is 2.73. The number of hydrogen-bond acceptors (Lipinski definition) is 7. The molecule has 0 spiro atoms. The van der Waals surface area contributed by atoms with Gasteiger partial charge in [-0.15, -0.1) is 10.2 Å². The number of benzene rings is 1. The van der Waals surface area contributed by atoms with Gasteiger partial charge in [-0.25, -0.2) is 8.42 Å². The molecule has 0 aliphatic carbocycles. The highest BCUT2D eigenvalue weighted by molar-refractivity contribution is 8.01. The Morgan fingerprint density at radius 1 is 1.36 bits per heavy atom. The minimum absolute atomic E-state index is 0.170. The number of aryl methyl sites for hydroxylation is 1. The van der Waals surface area contributed by atoms with Gasteiger partial charge in [0.15, 0.2) is 4.34 Å². The number of aromatic nitrogens is 2. The van der Waals surface area contributed by atoms with Gasteiger partial charge in [0.05, 0.1) is 12.0 Å². The van der Waals surface area contributed by atoms with Gasteiger partial charge in [0, 0.05) is 5.75 Å². The van der Waals surface area contributed by atoms with Crippen LogP contribution in [-0.2, 0) is 10.0 Å². The number of methoxy groups -OCH3 is 1. The number of hydrogen-bond donors (Lipinski definition) is 1. The lowest BCUT2D eigenvalue weighted by molar-refractivity contribution is 0.411. The van der Waals surface area contributed by atoms with E-state index in [4.69, 9.17) is 4.74 Å². The first-order chi connectivity index (χ1) is 10.5. The van der Waals surface area contributed by atoms with Crippen molar-refractivity contribution in [1.29, 1.82) is 0 Å². The summed E-state index contributed by atoms with van der Waals surface area (Å²) in [4.78, 5) is 0.170. The first-order valence-electron chi connectivity index (χ1n) is 6.60. The largest absolute Gasteiger partial charge is 0.496 e. The van der Waals surface area contributed by atoms with Crippen LogP contribution in [0.2, 0.25) is 0 Å². The van der Waals surface area contributed by atoms with E-state index in [0.29, 0.717) is 5.75 Å². The number of thioether (sulfide) groups is 1. The molecule has 0 amide bonds. The molecule has 0 aliphatic heterocycles. The van der Waals surface area contributed by atoms with Crippen LogP contribution < -0.4 is 9.46 Å². The number of nitrogens with zero attached hydrogens (tertiary/aromatic N) is 2. The Kier molecular flexibility index (Phi) is 5.65. The van der Waals surface area contributed by atoms with Crippen LogP contribution in [0.5, 0.6) is 5.75 Å². The van der Waals surface area contributed by atoms with Gasteiger partial charge in [-0.2, -0.15) is 0 Å². The molecular formula is C13H17N3O3S3. The zero-order valence-electron chi connectivity index (χ0n) is 12.5. The molecule has 0 fully saturated rings. The predicted octanol–water partition coefficient (Wildman–Crippen LogP) is 3.16. The standard InChI is InChI=1S/C13H17N3O3S3/c1-4-7-20-13-15-14-12(21-13)16-22(17,18)10-5-6-11(19-3)9(2)8-10/h5-6,8H,4,7H2,1-3H3,(H,14,16). The van der Waals surface area contributed by atoms with Crippen molar-refractivity contribution >= 4 is 38.3 Å². The van der Waals surface area contributed by atoms with Crippen molar-refractivity contribution in [3.63, 3.8) is 0 Å². The molecule has 1 aromatic carbocycles. The monoisotopic (exact) mass is 359 g/mol. The Hall–Kier alpha value is -1.32. The number of anilines is 1. The summed E-state index contributed by atoms with van der Waals surface area (Å²) in [6.07, 6.45) is 1.02. The van der Waals surface area contributed by atoms with Gasteiger partial charge in [-0.1, -0.05) is 30.0 Å². The molecule has 0 aliphatic rings. The van der Waals surface area contributed by atoms with Gasteiger partial charge in [-0.05, 0) is 37.1 Å². The van der Waals surface area contributed by atoms with Crippen molar-refractivity contribution in [2.45, 2.75) is 29.5 Å². The first-order valence-corrected chi connectivity index (χ1v) is 9.88. The summed E-state index contributed by atoms with van der Waals surface area (Å²) in [5.74, 6) is 1.58. The number of nitrogens with one attached hydrogen (secondary N) is 1. The van der Waals surface area contributed by atoms with E-state index in [1.54, 1.807) is 37.9 Å². The van der Waals surface area contributed by atoms with Gasteiger partial charge in [0.1, 0.15) is 5.75 Å². The summed E-state index contributed by atoms with van der Waals surface area (Å²) in [5, 5.41) is 8.10. The van der Waals surface area contributed by atoms with E-state index in [1.165, 1.54) is 17.4 Å². The van der Waals surface area contributed by atoms with Gasteiger partial charge >= 0.3 is 0 Å². The Labute approximate surface area is 138 Å². The zero-order chi connectivity index (χ0) is 16.2. The van der Waals surface area contributed by atoms with Gasteiger partial charge in [-0.3, -0.25) is 4.72 Å². The van der Waals surface area contributed by atoms with E-state index in [-0.39, 0.29) is 10.0 Å².